The Bertz CT molecular complexity index is 682. The minimum absolute atomic E-state index is 0.342. The Morgan fingerprint density at radius 2 is 1.60 bits per heavy atom. The lowest BCUT2D eigenvalue weighted by atomic mass is 10.1. The molecule has 0 saturated heterocycles. The highest BCUT2D eigenvalue weighted by molar-refractivity contribution is 6.04. The number of carbonyl (C=O) groups excluding carboxylic acids is 1. The van der Waals surface area contributed by atoms with Crippen molar-refractivity contribution in [2.75, 3.05) is 5.32 Å². The van der Waals surface area contributed by atoms with E-state index in [1.54, 1.807) is 0 Å². The van der Waals surface area contributed by atoms with Crippen molar-refractivity contribution in [3.8, 4) is 6.07 Å². The van der Waals surface area contributed by atoms with E-state index < -0.39 is 23.4 Å². The highest BCUT2D eigenvalue weighted by Crippen LogP contribution is 2.16. The molecule has 0 aliphatic rings. The van der Waals surface area contributed by atoms with E-state index in [0.29, 0.717) is 23.4 Å². The molecule has 2 aromatic carbocycles. The monoisotopic (exact) mass is 276 g/mol. The van der Waals surface area contributed by atoms with Gasteiger partial charge in [-0.25, -0.2) is 13.2 Å². The molecule has 0 fully saturated rings. The number of anilines is 1. The van der Waals surface area contributed by atoms with Crippen LogP contribution in [-0.2, 0) is 0 Å². The lowest BCUT2D eigenvalue weighted by molar-refractivity contribution is 0.102. The number of carbonyl (C=O) groups is 1. The smallest absolute Gasteiger partial charge is 0.255 e. The third kappa shape index (κ3) is 2.78. The number of hydrogen-bond acceptors (Lipinski definition) is 2. The van der Waals surface area contributed by atoms with Crippen LogP contribution in [0, 0.1) is 28.8 Å². The topological polar surface area (TPSA) is 52.9 Å². The normalized spacial score (nSPS) is 9.90. The molecule has 20 heavy (non-hydrogen) atoms. The lowest BCUT2D eigenvalue weighted by Crippen LogP contribution is -2.13. The second kappa shape index (κ2) is 5.45. The average molecular weight is 276 g/mol. The summed E-state index contributed by atoms with van der Waals surface area (Å²) in [5, 5.41) is 11.0. The van der Waals surface area contributed by atoms with Crippen molar-refractivity contribution in [1.29, 1.82) is 5.26 Å². The largest absolute Gasteiger partial charge is 0.322 e. The number of halogens is 3. The number of nitriles is 1. The van der Waals surface area contributed by atoms with E-state index in [0.717, 1.165) is 0 Å². The SMILES string of the molecule is N#Cc1ccc(NC(=O)c2cc(F)c(F)c(F)c2)cc1. The molecule has 0 aromatic heterocycles. The van der Waals surface area contributed by atoms with Gasteiger partial charge in [-0.15, -0.1) is 0 Å². The summed E-state index contributed by atoms with van der Waals surface area (Å²) in [4.78, 5) is 11.8. The molecule has 6 heteroatoms. The molecule has 100 valence electrons. The molecule has 0 saturated carbocycles. The average Bonchev–Trinajstić information content (AvgIpc) is 2.45. The molecule has 2 rings (SSSR count). The highest BCUT2D eigenvalue weighted by atomic mass is 19.2. The van der Waals surface area contributed by atoms with Gasteiger partial charge in [0.05, 0.1) is 11.6 Å². The summed E-state index contributed by atoms with van der Waals surface area (Å²) >= 11 is 0. The van der Waals surface area contributed by atoms with Gasteiger partial charge in [0.2, 0.25) is 0 Å². The predicted octanol–water partition coefficient (Wildman–Crippen LogP) is 3.23. The third-order valence-corrected chi connectivity index (χ3v) is 2.52. The zero-order chi connectivity index (χ0) is 14.7. The van der Waals surface area contributed by atoms with Gasteiger partial charge in [0, 0.05) is 11.3 Å². The molecule has 1 amide bonds. The summed E-state index contributed by atoms with van der Waals surface area (Å²) in [5.41, 5.74) is 0.409. The zero-order valence-electron chi connectivity index (χ0n) is 9.95. The van der Waals surface area contributed by atoms with Crippen LogP contribution in [0.1, 0.15) is 15.9 Å². The van der Waals surface area contributed by atoms with E-state index in [-0.39, 0.29) is 5.56 Å². The third-order valence-electron chi connectivity index (χ3n) is 2.52. The van der Waals surface area contributed by atoms with Crippen molar-refractivity contribution in [3.05, 3.63) is 65.0 Å². The Balaban J connectivity index is 2.21. The number of rotatable bonds is 2. The Kier molecular flexibility index (Phi) is 3.71. The Labute approximate surface area is 112 Å². The maximum Gasteiger partial charge on any atom is 0.255 e. The molecular weight excluding hydrogens is 269 g/mol. The fourth-order valence-electron chi connectivity index (χ4n) is 1.52. The van der Waals surface area contributed by atoms with E-state index >= 15 is 0 Å². The number of hydrogen-bond donors (Lipinski definition) is 1. The molecule has 0 spiro atoms. The highest BCUT2D eigenvalue weighted by Gasteiger charge is 2.15. The Hall–Kier alpha value is -2.81. The second-order valence-electron chi connectivity index (χ2n) is 3.90. The summed E-state index contributed by atoms with van der Waals surface area (Å²) < 4.78 is 38.8. The van der Waals surface area contributed by atoms with Gasteiger partial charge < -0.3 is 5.32 Å². The first-order valence-corrected chi connectivity index (χ1v) is 5.47. The van der Waals surface area contributed by atoms with Gasteiger partial charge in [0.1, 0.15) is 0 Å². The molecule has 1 N–H and O–H groups in total. The molecule has 0 heterocycles. The van der Waals surface area contributed by atoms with Crippen molar-refractivity contribution in [2.24, 2.45) is 0 Å². The second-order valence-corrected chi connectivity index (χ2v) is 3.90. The van der Waals surface area contributed by atoms with Crippen molar-refractivity contribution in [1.82, 2.24) is 0 Å². The van der Waals surface area contributed by atoms with Gasteiger partial charge in [-0.05, 0) is 36.4 Å². The maximum atomic E-state index is 13.0. The first kappa shape index (κ1) is 13.6. The maximum absolute atomic E-state index is 13.0. The van der Waals surface area contributed by atoms with Gasteiger partial charge in [-0.3, -0.25) is 4.79 Å². The molecule has 0 radical (unpaired) electrons. The molecule has 0 aliphatic heterocycles. The Morgan fingerprint density at radius 3 is 2.10 bits per heavy atom. The summed E-state index contributed by atoms with van der Waals surface area (Å²) in [6.45, 7) is 0. The minimum atomic E-state index is -1.63. The van der Waals surface area contributed by atoms with Gasteiger partial charge >= 0.3 is 0 Å². The fraction of sp³-hybridized carbons (Fsp3) is 0. The van der Waals surface area contributed by atoms with Crippen LogP contribution < -0.4 is 5.32 Å². The quantitative estimate of drug-likeness (QED) is 0.856. The van der Waals surface area contributed by atoms with Gasteiger partial charge in [-0.2, -0.15) is 5.26 Å². The van der Waals surface area contributed by atoms with E-state index in [1.165, 1.54) is 24.3 Å². The predicted molar refractivity (Wildman–Crippen MR) is 65.4 cm³/mol. The molecule has 2 aromatic rings. The van der Waals surface area contributed by atoms with Gasteiger partial charge in [-0.1, -0.05) is 0 Å². The van der Waals surface area contributed by atoms with Crippen molar-refractivity contribution in [3.63, 3.8) is 0 Å². The molecule has 0 unspecified atom stereocenters. The Morgan fingerprint density at radius 1 is 1.05 bits per heavy atom. The van der Waals surface area contributed by atoms with Crippen LogP contribution in [0.25, 0.3) is 0 Å². The minimum Gasteiger partial charge on any atom is -0.322 e. The van der Waals surface area contributed by atoms with E-state index in [2.05, 4.69) is 5.32 Å². The molecule has 3 nitrogen and oxygen atoms in total. The van der Waals surface area contributed by atoms with Crippen LogP contribution in [0.5, 0.6) is 0 Å². The number of nitrogens with zero attached hydrogens (tertiary/aromatic N) is 1. The van der Waals surface area contributed by atoms with Crippen LogP contribution in [0.2, 0.25) is 0 Å². The van der Waals surface area contributed by atoms with Gasteiger partial charge in [0.25, 0.3) is 5.91 Å². The summed E-state index contributed by atoms with van der Waals surface area (Å²) in [6.07, 6.45) is 0. The van der Waals surface area contributed by atoms with Crippen molar-refractivity contribution in [2.45, 2.75) is 0 Å². The van der Waals surface area contributed by atoms with Gasteiger partial charge in [0.15, 0.2) is 17.5 Å². The van der Waals surface area contributed by atoms with Crippen LogP contribution in [0.15, 0.2) is 36.4 Å². The zero-order valence-corrected chi connectivity index (χ0v) is 9.95. The molecule has 0 bridgehead atoms. The van der Waals surface area contributed by atoms with Crippen LogP contribution >= 0.6 is 0 Å². The van der Waals surface area contributed by atoms with Crippen molar-refractivity contribution < 1.29 is 18.0 Å². The van der Waals surface area contributed by atoms with E-state index in [1.807, 2.05) is 6.07 Å². The van der Waals surface area contributed by atoms with Crippen molar-refractivity contribution >= 4 is 11.6 Å². The molecular formula is C14H7F3N2O. The van der Waals surface area contributed by atoms with Crippen LogP contribution in [0.3, 0.4) is 0 Å². The number of nitrogens with one attached hydrogen (secondary N) is 1. The molecule has 0 aliphatic carbocycles. The van der Waals surface area contributed by atoms with E-state index in [9.17, 15) is 18.0 Å². The summed E-state index contributed by atoms with van der Waals surface area (Å²) in [6, 6.07) is 9.00. The summed E-state index contributed by atoms with van der Waals surface area (Å²) in [7, 11) is 0. The van der Waals surface area contributed by atoms with Crippen LogP contribution in [-0.4, -0.2) is 5.91 Å². The fourth-order valence-corrected chi connectivity index (χ4v) is 1.52. The van der Waals surface area contributed by atoms with E-state index in [4.69, 9.17) is 5.26 Å². The van der Waals surface area contributed by atoms with Crippen LogP contribution in [0.4, 0.5) is 18.9 Å². The number of benzene rings is 2. The molecule has 0 atom stereocenters. The summed E-state index contributed by atoms with van der Waals surface area (Å²) in [5.74, 6) is -5.28. The lowest BCUT2D eigenvalue weighted by Gasteiger charge is -2.06. The number of amides is 1. The first-order chi connectivity index (χ1) is 9.51. The first-order valence-electron chi connectivity index (χ1n) is 5.47. The standard InChI is InChI=1S/C14H7F3N2O/c15-11-5-9(6-12(16)13(11)17)14(20)19-10-3-1-8(7-18)2-4-10/h1-6H,(H,19,20).